The highest BCUT2D eigenvalue weighted by Gasteiger charge is 2.27. The van der Waals surface area contributed by atoms with Crippen LogP contribution in [-0.2, 0) is 22.7 Å². The number of hydrogen-bond donors (Lipinski definition) is 1. The maximum absolute atomic E-state index is 13.1. The first-order valence-electron chi connectivity index (χ1n) is 10.3. The normalized spacial score (nSPS) is 12.9. The summed E-state index contributed by atoms with van der Waals surface area (Å²) >= 11 is 0. The Balaban J connectivity index is 1.55. The summed E-state index contributed by atoms with van der Waals surface area (Å²) in [6, 6.07) is 13.8. The van der Waals surface area contributed by atoms with Gasteiger partial charge in [-0.3, -0.25) is 14.6 Å². The second kappa shape index (κ2) is 9.15. The fourth-order valence-electron chi connectivity index (χ4n) is 3.92. The molecule has 0 radical (unpaired) electrons. The smallest absolute Gasteiger partial charge is 0.323 e. The molecule has 0 saturated heterocycles. The first kappa shape index (κ1) is 21.5. The third-order valence-corrected chi connectivity index (χ3v) is 5.71. The van der Waals surface area contributed by atoms with Crippen LogP contribution in [0.3, 0.4) is 0 Å². The predicted octanol–water partition coefficient (Wildman–Crippen LogP) is 2.73. The zero-order valence-corrected chi connectivity index (χ0v) is 18.1. The van der Waals surface area contributed by atoms with Gasteiger partial charge in [-0.15, -0.1) is 0 Å². The van der Waals surface area contributed by atoms with E-state index in [1.165, 1.54) is 17.5 Å². The van der Waals surface area contributed by atoms with Crippen LogP contribution in [-0.4, -0.2) is 57.1 Å². The van der Waals surface area contributed by atoms with E-state index in [4.69, 9.17) is 0 Å². The number of aromatic nitrogens is 2. The van der Waals surface area contributed by atoms with Gasteiger partial charge in [0, 0.05) is 43.8 Å². The lowest BCUT2D eigenvalue weighted by Crippen LogP contribution is -2.47. The van der Waals surface area contributed by atoms with E-state index in [9.17, 15) is 14.7 Å². The topological polar surface area (TPSA) is 89.9 Å². The Hall–Kier alpha value is -3.78. The third-order valence-electron chi connectivity index (χ3n) is 5.71. The SMILES string of the molecule is Cc1ccc(-c2cncnc2)cc1N(CC(=O)O)CC(=O)N(C)N1Cc2ccccc2C1. The standard InChI is InChI=1S/C24H25N5O3/c1-17-7-8-18(21-10-25-16-26-11-21)9-22(17)28(15-24(31)32)14-23(30)27(2)29-12-19-5-3-4-6-20(19)13-29/h3-11,16H,12-15H2,1-2H3,(H,31,32). The van der Waals surface area contributed by atoms with E-state index in [0.29, 0.717) is 18.8 Å². The van der Waals surface area contributed by atoms with E-state index >= 15 is 0 Å². The maximum Gasteiger partial charge on any atom is 0.323 e. The maximum atomic E-state index is 13.1. The van der Waals surface area contributed by atoms with Crippen molar-refractivity contribution in [3.63, 3.8) is 0 Å². The van der Waals surface area contributed by atoms with Gasteiger partial charge in [0.15, 0.2) is 0 Å². The number of fused-ring (bicyclic) bond motifs is 1. The number of benzene rings is 2. The number of carbonyl (C=O) groups is 2. The number of amides is 1. The van der Waals surface area contributed by atoms with Crippen molar-refractivity contribution in [1.29, 1.82) is 0 Å². The Kier molecular flexibility index (Phi) is 6.13. The molecule has 1 aliphatic rings. The van der Waals surface area contributed by atoms with Crippen LogP contribution in [0.5, 0.6) is 0 Å². The van der Waals surface area contributed by atoms with Crippen LogP contribution in [0.4, 0.5) is 5.69 Å². The molecular weight excluding hydrogens is 406 g/mol. The van der Waals surface area contributed by atoms with Crippen molar-refractivity contribution in [2.75, 3.05) is 25.0 Å². The number of hydrogen-bond acceptors (Lipinski definition) is 6. The zero-order chi connectivity index (χ0) is 22.7. The molecule has 2 aromatic carbocycles. The summed E-state index contributed by atoms with van der Waals surface area (Å²) in [7, 11) is 1.73. The highest BCUT2D eigenvalue weighted by molar-refractivity contribution is 5.85. The molecule has 164 valence electrons. The number of hydrazine groups is 1. The number of likely N-dealkylation sites (N-methyl/N-ethyl adjacent to an activating group) is 1. The summed E-state index contributed by atoms with van der Waals surface area (Å²) in [5, 5.41) is 13.1. The molecule has 0 spiro atoms. The van der Waals surface area contributed by atoms with Crippen molar-refractivity contribution >= 4 is 17.6 Å². The minimum absolute atomic E-state index is 0.0504. The molecule has 0 unspecified atom stereocenters. The summed E-state index contributed by atoms with van der Waals surface area (Å²) in [6.45, 7) is 2.88. The molecule has 3 aromatic rings. The predicted molar refractivity (Wildman–Crippen MR) is 121 cm³/mol. The first-order valence-corrected chi connectivity index (χ1v) is 10.3. The Labute approximate surface area is 186 Å². The molecular formula is C24H25N5O3. The van der Waals surface area contributed by atoms with Crippen LogP contribution in [0.15, 0.2) is 61.2 Å². The van der Waals surface area contributed by atoms with E-state index in [2.05, 4.69) is 22.1 Å². The number of anilines is 1. The number of carboxylic acid groups (broad SMARTS) is 1. The van der Waals surface area contributed by atoms with Gasteiger partial charge < -0.3 is 10.0 Å². The number of aryl methyl sites for hydroxylation is 1. The molecule has 0 aliphatic carbocycles. The molecule has 1 amide bonds. The van der Waals surface area contributed by atoms with E-state index < -0.39 is 5.97 Å². The van der Waals surface area contributed by atoms with Gasteiger partial charge in [-0.2, -0.15) is 0 Å². The van der Waals surface area contributed by atoms with E-state index in [-0.39, 0.29) is 19.0 Å². The van der Waals surface area contributed by atoms with Gasteiger partial charge in [-0.05, 0) is 35.2 Å². The van der Waals surface area contributed by atoms with Gasteiger partial charge in [0.25, 0.3) is 5.91 Å². The Morgan fingerprint density at radius 1 is 1.00 bits per heavy atom. The lowest BCUT2D eigenvalue weighted by atomic mass is 10.0. The molecule has 0 bridgehead atoms. The Morgan fingerprint density at radius 2 is 1.66 bits per heavy atom. The highest BCUT2D eigenvalue weighted by atomic mass is 16.4. The van der Waals surface area contributed by atoms with E-state index in [0.717, 1.165) is 16.7 Å². The van der Waals surface area contributed by atoms with Crippen LogP contribution < -0.4 is 4.90 Å². The minimum atomic E-state index is -0.998. The fraction of sp³-hybridized carbons (Fsp3) is 0.250. The van der Waals surface area contributed by atoms with Gasteiger partial charge >= 0.3 is 5.97 Å². The third kappa shape index (κ3) is 4.60. The van der Waals surface area contributed by atoms with E-state index in [1.807, 2.05) is 42.3 Å². The molecule has 1 aliphatic heterocycles. The molecule has 0 saturated carbocycles. The number of carbonyl (C=O) groups excluding carboxylic acids is 1. The second-order valence-electron chi connectivity index (χ2n) is 7.89. The number of nitrogens with zero attached hydrogens (tertiary/aromatic N) is 5. The first-order chi connectivity index (χ1) is 15.4. The van der Waals surface area contributed by atoms with Crippen LogP contribution in [0.25, 0.3) is 11.1 Å². The van der Waals surface area contributed by atoms with Crippen LogP contribution in [0, 0.1) is 6.92 Å². The minimum Gasteiger partial charge on any atom is -0.480 e. The molecule has 0 fully saturated rings. The van der Waals surface area contributed by atoms with Gasteiger partial charge in [0.1, 0.15) is 12.9 Å². The highest BCUT2D eigenvalue weighted by Crippen LogP contribution is 2.28. The summed E-state index contributed by atoms with van der Waals surface area (Å²) < 4.78 is 0. The molecule has 8 nitrogen and oxygen atoms in total. The summed E-state index contributed by atoms with van der Waals surface area (Å²) in [4.78, 5) is 34.5. The van der Waals surface area contributed by atoms with Crippen molar-refractivity contribution in [2.24, 2.45) is 0 Å². The molecule has 1 N–H and O–H groups in total. The molecule has 2 heterocycles. The molecule has 0 atom stereocenters. The van der Waals surface area contributed by atoms with Crippen molar-refractivity contribution in [1.82, 2.24) is 20.0 Å². The van der Waals surface area contributed by atoms with Gasteiger partial charge in [-0.25, -0.2) is 15.0 Å². The quantitative estimate of drug-likeness (QED) is 0.615. The summed E-state index contributed by atoms with van der Waals surface area (Å²) in [5.74, 6) is -1.17. The average Bonchev–Trinajstić information content (AvgIpc) is 3.23. The van der Waals surface area contributed by atoms with Crippen molar-refractivity contribution in [3.8, 4) is 11.1 Å². The van der Waals surface area contributed by atoms with Crippen molar-refractivity contribution in [2.45, 2.75) is 20.0 Å². The Morgan fingerprint density at radius 3 is 2.28 bits per heavy atom. The van der Waals surface area contributed by atoms with Crippen LogP contribution >= 0.6 is 0 Å². The zero-order valence-electron chi connectivity index (χ0n) is 18.1. The summed E-state index contributed by atoms with van der Waals surface area (Å²) in [5.41, 5.74) is 5.65. The van der Waals surface area contributed by atoms with Crippen LogP contribution in [0.1, 0.15) is 16.7 Å². The lowest BCUT2D eigenvalue weighted by molar-refractivity contribution is -0.145. The molecule has 32 heavy (non-hydrogen) atoms. The molecule has 4 rings (SSSR count). The molecule has 8 heteroatoms. The Bertz CT molecular complexity index is 1110. The van der Waals surface area contributed by atoms with E-state index in [1.54, 1.807) is 29.4 Å². The van der Waals surface area contributed by atoms with Gasteiger partial charge in [-0.1, -0.05) is 36.4 Å². The number of rotatable bonds is 7. The van der Waals surface area contributed by atoms with Crippen LogP contribution in [0.2, 0.25) is 0 Å². The monoisotopic (exact) mass is 431 g/mol. The number of carboxylic acids is 1. The number of aliphatic carboxylic acids is 1. The largest absolute Gasteiger partial charge is 0.480 e. The molecule has 1 aromatic heterocycles. The van der Waals surface area contributed by atoms with Gasteiger partial charge in [0.05, 0.1) is 6.54 Å². The fourth-order valence-corrected chi connectivity index (χ4v) is 3.92. The second-order valence-corrected chi connectivity index (χ2v) is 7.89. The van der Waals surface area contributed by atoms with Gasteiger partial charge in [0.2, 0.25) is 0 Å². The van der Waals surface area contributed by atoms with Crippen molar-refractivity contribution in [3.05, 3.63) is 77.9 Å². The lowest BCUT2D eigenvalue weighted by Gasteiger charge is -2.31. The summed E-state index contributed by atoms with van der Waals surface area (Å²) in [6.07, 6.45) is 4.86. The average molecular weight is 431 g/mol. The van der Waals surface area contributed by atoms with Crippen molar-refractivity contribution < 1.29 is 14.7 Å².